The van der Waals surface area contributed by atoms with Gasteiger partial charge < -0.3 is 19.3 Å². The first-order valence-electron chi connectivity index (χ1n) is 10.0. The van der Waals surface area contributed by atoms with Crippen LogP contribution in [0, 0.1) is 0 Å². The summed E-state index contributed by atoms with van der Waals surface area (Å²) >= 11 is 0. The minimum absolute atomic E-state index is 0.101. The van der Waals surface area contributed by atoms with Crippen molar-refractivity contribution in [3.63, 3.8) is 0 Å². The van der Waals surface area contributed by atoms with Crippen molar-refractivity contribution in [2.75, 3.05) is 6.54 Å². The molecule has 2 aromatic carbocycles. The van der Waals surface area contributed by atoms with Gasteiger partial charge in [0.15, 0.2) is 0 Å². The quantitative estimate of drug-likeness (QED) is 0.680. The van der Waals surface area contributed by atoms with E-state index in [2.05, 4.69) is 18.2 Å². The molecule has 0 spiro atoms. The highest BCUT2D eigenvalue weighted by atomic mass is 16.5. The van der Waals surface area contributed by atoms with Gasteiger partial charge in [-0.3, -0.25) is 4.79 Å². The average molecular weight is 404 g/mol. The van der Waals surface area contributed by atoms with E-state index >= 15 is 0 Å². The molecule has 4 rings (SSSR count). The largest absolute Gasteiger partial charge is 0.489 e. The summed E-state index contributed by atoms with van der Waals surface area (Å²) in [6.07, 6.45) is 2.32. The summed E-state index contributed by atoms with van der Waals surface area (Å²) < 4.78 is 7.38. The number of hydrogen-bond donors (Lipinski definition) is 1. The number of fused-ring (bicyclic) bond motifs is 1. The van der Waals surface area contributed by atoms with E-state index in [9.17, 15) is 14.7 Å². The van der Waals surface area contributed by atoms with Crippen LogP contribution in [0.25, 0.3) is 0 Å². The first kappa shape index (κ1) is 19.8. The normalized spacial score (nSPS) is 13.0. The van der Waals surface area contributed by atoms with Gasteiger partial charge in [-0.15, -0.1) is 0 Å². The van der Waals surface area contributed by atoms with E-state index < -0.39 is 6.09 Å². The third-order valence-electron chi connectivity index (χ3n) is 5.41. The van der Waals surface area contributed by atoms with Crippen LogP contribution in [-0.2, 0) is 32.5 Å². The minimum Gasteiger partial charge on any atom is -0.489 e. The summed E-state index contributed by atoms with van der Waals surface area (Å²) in [5.41, 5.74) is 4.30. The van der Waals surface area contributed by atoms with E-state index in [-0.39, 0.29) is 5.56 Å². The molecule has 0 saturated carbocycles. The minimum atomic E-state index is -0.882. The molecule has 1 aliphatic rings. The maximum atomic E-state index is 12.4. The van der Waals surface area contributed by atoms with Gasteiger partial charge in [-0.2, -0.15) is 0 Å². The fraction of sp³-hybridized carbons (Fsp3) is 0.250. The Balaban J connectivity index is 1.37. The number of carbonyl (C=O) groups is 1. The van der Waals surface area contributed by atoms with Crippen LogP contribution in [0.4, 0.5) is 4.79 Å². The van der Waals surface area contributed by atoms with E-state index in [0.717, 1.165) is 23.1 Å². The zero-order valence-electron chi connectivity index (χ0n) is 16.7. The zero-order valence-corrected chi connectivity index (χ0v) is 16.7. The Kier molecular flexibility index (Phi) is 5.84. The molecular weight excluding hydrogens is 380 g/mol. The lowest BCUT2D eigenvalue weighted by atomic mass is 9.96. The molecule has 1 amide bonds. The van der Waals surface area contributed by atoms with Gasteiger partial charge in [0.05, 0.1) is 0 Å². The number of nitrogens with zero attached hydrogens (tertiary/aromatic N) is 2. The summed E-state index contributed by atoms with van der Waals surface area (Å²) in [6, 6.07) is 19.4. The molecule has 0 fully saturated rings. The molecule has 30 heavy (non-hydrogen) atoms. The monoisotopic (exact) mass is 404 g/mol. The smallest absolute Gasteiger partial charge is 0.407 e. The van der Waals surface area contributed by atoms with Crippen LogP contribution in [0.2, 0.25) is 0 Å². The molecule has 0 unspecified atom stereocenters. The molecule has 154 valence electrons. The summed E-state index contributed by atoms with van der Waals surface area (Å²) in [6.45, 7) is 1.94. The van der Waals surface area contributed by atoms with Crippen molar-refractivity contribution in [1.29, 1.82) is 0 Å². The molecule has 0 atom stereocenters. The van der Waals surface area contributed by atoms with Crippen LogP contribution in [-0.4, -0.2) is 27.2 Å². The lowest BCUT2D eigenvalue weighted by Gasteiger charge is -2.26. The molecule has 6 nitrogen and oxygen atoms in total. The van der Waals surface area contributed by atoms with Gasteiger partial charge in [-0.1, -0.05) is 48.5 Å². The van der Waals surface area contributed by atoms with Crippen molar-refractivity contribution in [2.45, 2.75) is 32.5 Å². The molecule has 0 radical (unpaired) electrons. The van der Waals surface area contributed by atoms with E-state index in [1.165, 1.54) is 16.5 Å². The number of aromatic nitrogens is 1. The Morgan fingerprint density at radius 2 is 1.83 bits per heavy atom. The Labute approximate surface area is 175 Å². The third-order valence-corrected chi connectivity index (χ3v) is 5.41. The van der Waals surface area contributed by atoms with Gasteiger partial charge in [0.25, 0.3) is 5.56 Å². The van der Waals surface area contributed by atoms with Gasteiger partial charge in [0.2, 0.25) is 0 Å². The van der Waals surface area contributed by atoms with Crippen molar-refractivity contribution < 1.29 is 14.6 Å². The topological polar surface area (TPSA) is 71.8 Å². The van der Waals surface area contributed by atoms with Crippen molar-refractivity contribution in [3.05, 3.63) is 99.5 Å². The van der Waals surface area contributed by atoms with E-state index in [0.29, 0.717) is 38.4 Å². The van der Waals surface area contributed by atoms with Crippen LogP contribution in [0.5, 0.6) is 5.75 Å². The number of hydrogen-bond acceptors (Lipinski definition) is 3. The second-order valence-electron chi connectivity index (χ2n) is 7.48. The van der Waals surface area contributed by atoms with Crippen LogP contribution < -0.4 is 10.3 Å². The molecule has 0 bridgehead atoms. The van der Waals surface area contributed by atoms with E-state index in [1.807, 2.05) is 36.4 Å². The van der Waals surface area contributed by atoms with Crippen LogP contribution in [0.1, 0.15) is 22.3 Å². The summed E-state index contributed by atoms with van der Waals surface area (Å²) in [5, 5.41) is 9.22. The summed E-state index contributed by atoms with van der Waals surface area (Å²) in [4.78, 5) is 25.1. The molecule has 0 aliphatic carbocycles. The second kappa shape index (κ2) is 8.86. The van der Waals surface area contributed by atoms with Crippen molar-refractivity contribution >= 4 is 6.09 Å². The van der Waals surface area contributed by atoms with Crippen molar-refractivity contribution in [1.82, 2.24) is 9.47 Å². The van der Waals surface area contributed by atoms with Crippen LogP contribution in [0.15, 0.2) is 71.7 Å². The maximum Gasteiger partial charge on any atom is 0.407 e. The van der Waals surface area contributed by atoms with Gasteiger partial charge in [-0.05, 0) is 41.2 Å². The predicted octanol–water partition coefficient (Wildman–Crippen LogP) is 3.71. The fourth-order valence-corrected chi connectivity index (χ4v) is 3.68. The van der Waals surface area contributed by atoms with Gasteiger partial charge in [0.1, 0.15) is 12.4 Å². The first-order valence-corrected chi connectivity index (χ1v) is 10.0. The molecule has 1 aliphatic heterocycles. The number of ether oxygens (including phenoxy) is 1. The number of rotatable bonds is 6. The fourth-order valence-electron chi connectivity index (χ4n) is 3.68. The van der Waals surface area contributed by atoms with Crippen LogP contribution >= 0.6 is 0 Å². The first-order chi connectivity index (χ1) is 14.6. The maximum absolute atomic E-state index is 12.4. The number of carboxylic acid groups (broad SMARTS) is 1. The standard InChI is InChI=1S/C24H24N2O4/c27-23-15-22(30-17-19-4-2-1-3-5-19)10-13-25(23)11-8-18-6-7-20-9-12-26(24(28)29)16-21(20)14-18/h1-7,10,13-15H,8-9,11-12,16-17H2,(H,28,29). The Bertz CT molecular complexity index is 1090. The molecular formula is C24H24N2O4. The van der Waals surface area contributed by atoms with Crippen molar-refractivity contribution in [3.8, 4) is 5.75 Å². The van der Waals surface area contributed by atoms with Crippen LogP contribution in [0.3, 0.4) is 0 Å². The van der Waals surface area contributed by atoms with Gasteiger partial charge in [-0.25, -0.2) is 4.79 Å². The number of aryl methyl sites for hydroxylation is 2. The third kappa shape index (κ3) is 4.71. The SMILES string of the molecule is O=C(O)N1CCc2ccc(CCn3ccc(OCc4ccccc4)cc3=O)cc2C1. The Morgan fingerprint density at radius 3 is 2.60 bits per heavy atom. The second-order valence-corrected chi connectivity index (χ2v) is 7.48. The number of benzene rings is 2. The number of amides is 1. The highest BCUT2D eigenvalue weighted by molar-refractivity contribution is 5.65. The molecule has 1 aromatic heterocycles. The Hall–Kier alpha value is -3.54. The molecule has 1 N–H and O–H groups in total. The van der Waals surface area contributed by atoms with E-state index in [4.69, 9.17) is 4.74 Å². The van der Waals surface area contributed by atoms with Gasteiger partial charge >= 0.3 is 6.09 Å². The lowest BCUT2D eigenvalue weighted by molar-refractivity contribution is 0.140. The highest BCUT2D eigenvalue weighted by Gasteiger charge is 2.19. The van der Waals surface area contributed by atoms with Crippen molar-refractivity contribution in [2.24, 2.45) is 0 Å². The predicted molar refractivity (Wildman–Crippen MR) is 114 cm³/mol. The van der Waals surface area contributed by atoms with E-state index in [1.54, 1.807) is 10.8 Å². The summed E-state index contributed by atoms with van der Waals surface area (Å²) in [7, 11) is 0. The molecule has 3 aromatic rings. The highest BCUT2D eigenvalue weighted by Crippen LogP contribution is 2.21. The summed E-state index contributed by atoms with van der Waals surface area (Å²) in [5.74, 6) is 0.558. The lowest BCUT2D eigenvalue weighted by Crippen LogP contribution is -2.34. The van der Waals surface area contributed by atoms with Gasteiger partial charge in [0, 0.05) is 31.9 Å². The Morgan fingerprint density at radius 1 is 1.00 bits per heavy atom. The zero-order chi connectivity index (χ0) is 20.9. The molecule has 2 heterocycles. The molecule has 0 saturated heterocycles. The average Bonchev–Trinajstić information content (AvgIpc) is 2.77. The molecule has 6 heteroatoms. The number of pyridine rings is 1.